The molecule has 6 nitrogen and oxygen atoms in total. The Morgan fingerprint density at radius 2 is 2.31 bits per heavy atom. The van der Waals surface area contributed by atoms with Gasteiger partial charge in [-0.2, -0.15) is 0 Å². The van der Waals surface area contributed by atoms with Crippen LogP contribution < -0.4 is 5.32 Å². The first kappa shape index (κ1) is 9.87. The molecule has 0 atom stereocenters. The van der Waals surface area contributed by atoms with Crippen molar-refractivity contribution in [2.75, 3.05) is 13.6 Å². The highest BCUT2D eigenvalue weighted by Gasteiger charge is 2.27. The molecular weight excluding hydrogens is 196 g/mol. The van der Waals surface area contributed by atoms with Gasteiger partial charge in [0.2, 0.25) is 9.84 Å². The zero-order valence-corrected chi connectivity index (χ0v) is 7.63. The van der Waals surface area contributed by atoms with Crippen LogP contribution in [-0.4, -0.2) is 38.1 Å². The molecular formula is C6H8N2O4S. The van der Waals surface area contributed by atoms with Gasteiger partial charge in [0.1, 0.15) is 0 Å². The average molecular weight is 204 g/mol. The highest BCUT2D eigenvalue weighted by Crippen LogP contribution is 2.13. The number of carbonyl (C=O) groups is 1. The molecule has 1 aliphatic rings. The molecule has 7 heteroatoms. The van der Waals surface area contributed by atoms with E-state index in [9.17, 15) is 13.2 Å². The summed E-state index contributed by atoms with van der Waals surface area (Å²) in [5.41, 5.74) is -0.440. The largest absolute Gasteiger partial charge is 0.476 e. The van der Waals surface area contributed by atoms with E-state index in [4.69, 9.17) is 5.11 Å². The van der Waals surface area contributed by atoms with Crippen LogP contribution in [-0.2, 0) is 14.6 Å². The number of aliphatic carboxylic acids is 1. The number of hydrogen-bond donors (Lipinski definition) is 2. The summed E-state index contributed by atoms with van der Waals surface area (Å²) < 4.78 is 22.3. The normalized spacial score (nSPS) is 19.5. The minimum atomic E-state index is -3.60. The molecule has 1 aliphatic heterocycles. The lowest BCUT2D eigenvalue weighted by Gasteiger charge is -1.96. The van der Waals surface area contributed by atoms with Crippen LogP contribution in [0.1, 0.15) is 0 Å². The SMILES string of the molecule is CNCC1=NC(C(=O)O)=CS1(=O)=O. The standard InChI is InChI=1S/C6H8N2O4S/c1-7-2-5-8-4(6(9)10)3-13(5,11)12/h3,7H,2H2,1H3,(H,9,10). The number of hydrogen-bond acceptors (Lipinski definition) is 5. The Kier molecular flexibility index (Phi) is 2.48. The monoisotopic (exact) mass is 204 g/mol. The molecule has 0 bridgehead atoms. The van der Waals surface area contributed by atoms with Gasteiger partial charge in [0.25, 0.3) is 0 Å². The first-order valence-electron chi connectivity index (χ1n) is 3.39. The van der Waals surface area contributed by atoms with Gasteiger partial charge in [-0.05, 0) is 7.05 Å². The van der Waals surface area contributed by atoms with Gasteiger partial charge in [-0.1, -0.05) is 0 Å². The van der Waals surface area contributed by atoms with E-state index in [0.29, 0.717) is 5.41 Å². The van der Waals surface area contributed by atoms with Gasteiger partial charge in [0, 0.05) is 6.54 Å². The van der Waals surface area contributed by atoms with E-state index in [1.54, 1.807) is 7.05 Å². The molecule has 0 aliphatic carbocycles. The fraction of sp³-hybridized carbons (Fsp3) is 0.333. The van der Waals surface area contributed by atoms with Crippen LogP contribution >= 0.6 is 0 Å². The maximum Gasteiger partial charge on any atom is 0.355 e. The third-order valence-electron chi connectivity index (χ3n) is 1.39. The van der Waals surface area contributed by atoms with E-state index in [0.717, 1.165) is 0 Å². The summed E-state index contributed by atoms with van der Waals surface area (Å²) in [4.78, 5) is 13.8. The number of nitrogens with one attached hydrogen (secondary N) is 1. The number of sulfone groups is 1. The zero-order valence-electron chi connectivity index (χ0n) is 6.81. The highest BCUT2D eigenvalue weighted by molar-refractivity contribution is 8.09. The van der Waals surface area contributed by atoms with Crippen molar-refractivity contribution >= 4 is 20.9 Å². The summed E-state index contributed by atoms with van der Waals surface area (Å²) in [6.45, 7) is 0.0373. The molecule has 0 saturated carbocycles. The quantitative estimate of drug-likeness (QED) is 0.612. The van der Waals surface area contributed by atoms with Crippen LogP contribution in [0.2, 0.25) is 0 Å². The van der Waals surface area contributed by atoms with E-state index in [1.807, 2.05) is 0 Å². The van der Waals surface area contributed by atoms with Crippen molar-refractivity contribution in [1.82, 2.24) is 5.32 Å². The fourth-order valence-electron chi connectivity index (χ4n) is 0.829. The molecule has 2 N–H and O–H groups in total. The Hall–Kier alpha value is -1.21. The van der Waals surface area contributed by atoms with Crippen molar-refractivity contribution in [3.05, 3.63) is 11.1 Å². The molecule has 0 saturated heterocycles. The summed E-state index contributed by atoms with van der Waals surface area (Å²) in [5, 5.41) is 11.6. The van der Waals surface area contributed by atoms with Crippen molar-refractivity contribution in [2.24, 2.45) is 4.99 Å². The van der Waals surface area contributed by atoms with Crippen molar-refractivity contribution in [3.63, 3.8) is 0 Å². The minimum Gasteiger partial charge on any atom is -0.476 e. The van der Waals surface area contributed by atoms with Gasteiger partial charge in [0.15, 0.2) is 10.7 Å². The average Bonchev–Trinajstić information content (AvgIpc) is 2.28. The van der Waals surface area contributed by atoms with E-state index >= 15 is 0 Å². The lowest BCUT2D eigenvalue weighted by Crippen LogP contribution is -2.23. The number of nitrogens with zero attached hydrogens (tertiary/aromatic N) is 1. The zero-order chi connectivity index (χ0) is 10.1. The Balaban J connectivity index is 3.05. The van der Waals surface area contributed by atoms with Crippen molar-refractivity contribution in [1.29, 1.82) is 0 Å². The minimum absolute atomic E-state index is 0.0373. The maximum atomic E-state index is 11.2. The molecule has 0 fully saturated rings. The van der Waals surface area contributed by atoms with E-state index in [2.05, 4.69) is 10.3 Å². The predicted octanol–water partition coefficient (Wildman–Crippen LogP) is -1.04. The number of rotatable bonds is 3. The van der Waals surface area contributed by atoms with Crippen LogP contribution in [0.25, 0.3) is 0 Å². The van der Waals surface area contributed by atoms with Gasteiger partial charge >= 0.3 is 5.97 Å². The maximum absolute atomic E-state index is 11.2. The molecule has 1 heterocycles. The Bertz CT molecular complexity index is 393. The van der Waals surface area contributed by atoms with Crippen molar-refractivity contribution < 1.29 is 18.3 Å². The Morgan fingerprint density at radius 1 is 1.69 bits per heavy atom. The summed E-state index contributed by atoms with van der Waals surface area (Å²) >= 11 is 0. The van der Waals surface area contributed by atoms with E-state index in [1.165, 1.54) is 0 Å². The van der Waals surface area contributed by atoms with E-state index in [-0.39, 0.29) is 11.6 Å². The molecule has 0 amide bonds. The highest BCUT2D eigenvalue weighted by atomic mass is 32.2. The van der Waals surface area contributed by atoms with Gasteiger partial charge in [-0.15, -0.1) is 0 Å². The smallest absolute Gasteiger partial charge is 0.355 e. The molecule has 1 rings (SSSR count). The lowest BCUT2D eigenvalue weighted by atomic mass is 10.5. The van der Waals surface area contributed by atoms with Crippen LogP contribution in [0, 0.1) is 0 Å². The number of aliphatic imine (C=N–C) groups is 1. The molecule has 0 spiro atoms. The first-order chi connectivity index (χ1) is 5.97. The molecule has 0 aromatic heterocycles. The van der Waals surface area contributed by atoms with Crippen LogP contribution in [0.5, 0.6) is 0 Å². The van der Waals surface area contributed by atoms with Crippen LogP contribution in [0.4, 0.5) is 0 Å². The Morgan fingerprint density at radius 3 is 2.69 bits per heavy atom. The topological polar surface area (TPSA) is 95.8 Å². The van der Waals surface area contributed by atoms with E-state index < -0.39 is 21.5 Å². The van der Waals surface area contributed by atoms with Crippen LogP contribution in [0.15, 0.2) is 16.1 Å². The Labute approximate surface area is 74.9 Å². The number of carboxylic acids is 1. The second-order valence-corrected chi connectivity index (χ2v) is 4.19. The summed E-state index contributed by atoms with van der Waals surface area (Å²) in [5.74, 6) is -1.34. The molecule has 0 radical (unpaired) electrons. The summed E-state index contributed by atoms with van der Waals surface area (Å²) in [7, 11) is -2.05. The molecule has 13 heavy (non-hydrogen) atoms. The van der Waals surface area contributed by atoms with Gasteiger partial charge in [-0.25, -0.2) is 18.2 Å². The molecule has 0 aromatic rings. The number of carboxylic acid groups (broad SMARTS) is 1. The summed E-state index contributed by atoms with van der Waals surface area (Å²) in [6, 6.07) is 0. The van der Waals surface area contributed by atoms with Gasteiger partial charge in [0.05, 0.1) is 5.41 Å². The third kappa shape index (κ3) is 1.93. The summed E-state index contributed by atoms with van der Waals surface area (Å²) in [6.07, 6.45) is 0. The fourth-order valence-corrected chi connectivity index (χ4v) is 1.98. The second-order valence-electron chi connectivity index (χ2n) is 2.39. The third-order valence-corrected chi connectivity index (χ3v) is 2.81. The van der Waals surface area contributed by atoms with Crippen molar-refractivity contribution in [2.45, 2.75) is 0 Å². The first-order valence-corrected chi connectivity index (χ1v) is 4.94. The van der Waals surface area contributed by atoms with Crippen molar-refractivity contribution in [3.8, 4) is 0 Å². The molecule has 72 valence electrons. The molecule has 0 unspecified atom stereocenters. The molecule has 0 aromatic carbocycles. The predicted molar refractivity (Wildman–Crippen MR) is 46.0 cm³/mol. The van der Waals surface area contributed by atoms with Gasteiger partial charge in [-0.3, -0.25) is 0 Å². The van der Waals surface area contributed by atoms with Crippen LogP contribution in [0.3, 0.4) is 0 Å². The second kappa shape index (κ2) is 3.27. The van der Waals surface area contributed by atoms with Gasteiger partial charge < -0.3 is 10.4 Å². The lowest BCUT2D eigenvalue weighted by molar-refractivity contribution is -0.132.